The number of fused-ring (bicyclic) bond motifs is 4. The lowest BCUT2D eigenvalue weighted by Crippen LogP contribution is -2.58. The largest absolute Gasteiger partial charge is 0.459 e. The Morgan fingerprint density at radius 1 is 0.957 bits per heavy atom. The highest BCUT2D eigenvalue weighted by Crippen LogP contribution is 2.45. The minimum absolute atomic E-state index is 0.0955. The number of ether oxygens (including phenoxy) is 6. The van der Waals surface area contributed by atoms with Gasteiger partial charge >= 0.3 is 5.97 Å². The maximum atomic E-state index is 12.5. The Morgan fingerprint density at radius 3 is 2.43 bits per heavy atom. The number of aliphatic hydroxyl groups is 4. The first-order valence-corrected chi connectivity index (χ1v) is 16.0. The van der Waals surface area contributed by atoms with Crippen LogP contribution in [0.15, 0.2) is 60.8 Å². The molecule has 4 saturated heterocycles. The van der Waals surface area contributed by atoms with Gasteiger partial charge in [0, 0.05) is 38.2 Å². The molecule has 0 aromatic rings. The van der Waals surface area contributed by atoms with Crippen molar-refractivity contribution in [3.8, 4) is 0 Å². The summed E-state index contributed by atoms with van der Waals surface area (Å²) in [6.07, 6.45) is 7.60. The minimum atomic E-state index is -2.03. The summed E-state index contributed by atoms with van der Waals surface area (Å²) in [6, 6.07) is 0. The van der Waals surface area contributed by atoms with E-state index in [0.29, 0.717) is 6.42 Å². The fraction of sp³-hybridized carbons (Fsp3) is 0.636. The first-order chi connectivity index (χ1) is 22.3. The van der Waals surface area contributed by atoms with Crippen molar-refractivity contribution in [2.45, 2.75) is 125 Å². The van der Waals surface area contributed by atoms with Gasteiger partial charge in [-0.25, -0.2) is 4.79 Å². The second-order valence-corrected chi connectivity index (χ2v) is 12.9. The highest BCUT2D eigenvalue weighted by atomic mass is 16.7. The smallest absolute Gasteiger partial charge is 0.330 e. The quantitative estimate of drug-likeness (QED) is 0.171. The van der Waals surface area contributed by atoms with Gasteiger partial charge in [0.1, 0.15) is 24.4 Å². The molecule has 0 aromatic heterocycles. The fourth-order valence-electron chi connectivity index (χ4n) is 6.44. The summed E-state index contributed by atoms with van der Waals surface area (Å²) in [7, 11) is 0. The molecule has 0 saturated carbocycles. The highest BCUT2D eigenvalue weighted by Gasteiger charge is 2.67. The Balaban J connectivity index is 1.37. The third-order valence-corrected chi connectivity index (χ3v) is 8.94. The number of carbonyl (C=O) groups excluding carboxylic acids is 2. The van der Waals surface area contributed by atoms with Crippen LogP contribution in [0.5, 0.6) is 0 Å². The summed E-state index contributed by atoms with van der Waals surface area (Å²) >= 11 is 0. The number of carbonyl (C=O) groups is 2. The number of epoxide rings is 2. The van der Waals surface area contributed by atoms with Gasteiger partial charge in [0.25, 0.3) is 0 Å². The van der Waals surface area contributed by atoms with E-state index in [1.807, 2.05) is 12.2 Å². The Kier molecular flexibility index (Phi) is 11.2. The molecule has 0 spiro atoms. The van der Waals surface area contributed by atoms with Crippen LogP contribution in [0.3, 0.4) is 0 Å². The molecule has 0 aromatic carbocycles. The van der Waals surface area contributed by atoms with E-state index in [1.165, 1.54) is 6.08 Å². The first kappa shape index (κ1) is 35.5. The average molecular weight is 663 g/mol. The van der Waals surface area contributed by atoms with Gasteiger partial charge in [-0.15, -0.1) is 0 Å². The normalized spacial score (nSPS) is 46.1. The Bertz CT molecular complexity index is 1290. The highest BCUT2D eigenvalue weighted by molar-refractivity contribution is 5.82. The van der Waals surface area contributed by atoms with E-state index in [-0.39, 0.29) is 31.8 Å². The Hall–Kier alpha value is -2.76. The van der Waals surface area contributed by atoms with Crippen LogP contribution in [-0.2, 0) is 38.0 Å². The third kappa shape index (κ3) is 9.03. The lowest BCUT2D eigenvalue weighted by molar-refractivity contribution is -0.303. The first-order valence-electron chi connectivity index (χ1n) is 16.0. The fourth-order valence-corrected chi connectivity index (χ4v) is 6.44. The van der Waals surface area contributed by atoms with E-state index in [1.54, 1.807) is 56.4 Å². The molecule has 260 valence electrons. The number of rotatable bonds is 3. The van der Waals surface area contributed by atoms with Crippen LogP contribution in [0.4, 0.5) is 0 Å². The molecule has 2 bridgehead atoms. The van der Waals surface area contributed by atoms with Crippen LogP contribution < -0.4 is 11.5 Å². The summed E-state index contributed by atoms with van der Waals surface area (Å²) in [5, 5.41) is 44.1. The maximum absolute atomic E-state index is 12.5. The van der Waals surface area contributed by atoms with Gasteiger partial charge in [0.05, 0.1) is 42.5 Å². The topological polar surface area (TPSA) is 229 Å². The molecule has 5 rings (SSSR count). The molecule has 0 radical (unpaired) electrons. The van der Waals surface area contributed by atoms with E-state index < -0.39 is 90.5 Å². The van der Waals surface area contributed by atoms with Gasteiger partial charge < -0.3 is 54.6 Å². The zero-order valence-electron chi connectivity index (χ0n) is 26.4. The predicted octanol–water partition coefficient (Wildman–Crippen LogP) is -0.114. The van der Waals surface area contributed by atoms with Crippen molar-refractivity contribution < 1.29 is 58.4 Å². The molecule has 5 aliphatic heterocycles. The summed E-state index contributed by atoms with van der Waals surface area (Å²) in [5.74, 6) is -4.59. The van der Waals surface area contributed by atoms with Gasteiger partial charge in [-0.3, -0.25) is 10.5 Å². The minimum Gasteiger partial charge on any atom is -0.459 e. The number of allylic oxidation sites excluding steroid dienone is 6. The molecule has 14 unspecified atom stereocenters. The van der Waals surface area contributed by atoms with Gasteiger partial charge in [-0.2, -0.15) is 0 Å². The number of hydrogen-bond acceptors (Lipinski definition) is 13. The van der Waals surface area contributed by atoms with Gasteiger partial charge in [0.15, 0.2) is 17.8 Å². The average Bonchev–Trinajstić information content (AvgIpc) is 3.88. The van der Waals surface area contributed by atoms with E-state index in [9.17, 15) is 30.0 Å². The van der Waals surface area contributed by atoms with Gasteiger partial charge in [-0.05, 0) is 19.9 Å². The molecule has 1 amide bonds. The molecule has 14 nitrogen and oxygen atoms in total. The molecule has 8 N–H and O–H groups in total. The summed E-state index contributed by atoms with van der Waals surface area (Å²) in [6.45, 7) is 3.53. The van der Waals surface area contributed by atoms with E-state index in [2.05, 4.69) is 0 Å². The molecule has 4 fully saturated rings. The van der Waals surface area contributed by atoms with Crippen molar-refractivity contribution >= 4 is 11.9 Å². The van der Waals surface area contributed by atoms with Crippen LogP contribution in [0.1, 0.15) is 46.0 Å². The van der Waals surface area contributed by atoms with Crippen LogP contribution in [0, 0.1) is 5.92 Å². The molecule has 0 aliphatic carbocycles. The number of nitrogens with two attached hydrogens (primary N) is 2. The van der Waals surface area contributed by atoms with E-state index in [4.69, 9.17) is 39.9 Å². The molecule has 5 heterocycles. The molecule has 47 heavy (non-hydrogen) atoms. The van der Waals surface area contributed by atoms with Gasteiger partial charge in [0.2, 0.25) is 5.91 Å². The predicted molar refractivity (Wildman–Crippen MR) is 165 cm³/mol. The molecule has 14 atom stereocenters. The lowest BCUT2D eigenvalue weighted by atomic mass is 9.82. The maximum Gasteiger partial charge on any atom is 0.330 e. The SMILES string of the molecule is CC1CC=CC=CC=CC=CC(OC2OC(C)C3OC3(N)C2O)CC2OC(O)(CC(O)CC3OC3C=CC(=O)O1)CC(O)C2C(N)=O. The van der Waals surface area contributed by atoms with Crippen LogP contribution in [-0.4, -0.2) is 111 Å². The van der Waals surface area contributed by atoms with Crippen molar-refractivity contribution in [2.75, 3.05) is 0 Å². The van der Waals surface area contributed by atoms with Crippen LogP contribution in [0.25, 0.3) is 0 Å². The van der Waals surface area contributed by atoms with Crippen LogP contribution in [0.2, 0.25) is 0 Å². The summed E-state index contributed by atoms with van der Waals surface area (Å²) in [4.78, 5) is 24.7. The zero-order chi connectivity index (χ0) is 33.9. The lowest BCUT2D eigenvalue weighted by Gasteiger charge is -2.45. The van der Waals surface area contributed by atoms with Crippen molar-refractivity contribution in [3.63, 3.8) is 0 Å². The number of primary amides is 1. The number of hydrogen-bond donors (Lipinski definition) is 6. The molecular formula is C33H46N2O12. The molecular weight excluding hydrogens is 616 g/mol. The van der Waals surface area contributed by atoms with E-state index >= 15 is 0 Å². The number of esters is 1. The molecule has 14 heteroatoms. The van der Waals surface area contributed by atoms with Gasteiger partial charge in [-0.1, -0.05) is 48.6 Å². The number of amides is 1. The van der Waals surface area contributed by atoms with Crippen molar-refractivity contribution in [2.24, 2.45) is 17.4 Å². The monoisotopic (exact) mass is 662 g/mol. The third-order valence-electron chi connectivity index (χ3n) is 8.94. The van der Waals surface area contributed by atoms with E-state index in [0.717, 1.165) is 0 Å². The van der Waals surface area contributed by atoms with Crippen LogP contribution >= 0.6 is 0 Å². The number of cyclic esters (lactones) is 1. The summed E-state index contributed by atoms with van der Waals surface area (Å²) < 4.78 is 34.4. The Labute approximate surface area is 273 Å². The van der Waals surface area contributed by atoms with Crippen molar-refractivity contribution in [1.82, 2.24) is 0 Å². The van der Waals surface area contributed by atoms with Crippen molar-refractivity contribution in [3.05, 3.63) is 60.8 Å². The van der Waals surface area contributed by atoms with Crippen molar-refractivity contribution in [1.29, 1.82) is 0 Å². The number of aliphatic hydroxyl groups excluding tert-OH is 3. The summed E-state index contributed by atoms with van der Waals surface area (Å²) in [5.41, 5.74) is 10.5. The second kappa shape index (κ2) is 14.8. The second-order valence-electron chi connectivity index (χ2n) is 12.9. The zero-order valence-corrected chi connectivity index (χ0v) is 26.4. The standard InChI is InChI=1S/C33H46N2O12/c1-18-10-8-6-4-3-5-7-9-11-21(44-31-28(39)33(35)29(47-33)19(2)43-31)15-25-27(30(34)40)22(37)17-32(41,46-25)16-20(36)14-24-23(45-24)12-13-26(38)42-18/h3-9,11-13,18-25,27-29,31,36-37,39,41H,10,14-17,35H2,1-2H3,(H2,34,40). The molecule has 5 aliphatic rings. The Morgan fingerprint density at radius 2 is 1.68 bits per heavy atom.